The molecule has 0 radical (unpaired) electrons. The van der Waals surface area contributed by atoms with Crippen molar-refractivity contribution in [1.82, 2.24) is 29.5 Å². The number of aliphatic hydroxyl groups excluding tert-OH is 1. The minimum absolute atomic E-state index is 0.0894. The molecule has 14 heteroatoms. The van der Waals surface area contributed by atoms with Crippen LogP contribution >= 0.6 is 23.2 Å². The van der Waals surface area contributed by atoms with Gasteiger partial charge >= 0.3 is 5.97 Å². The fourth-order valence-corrected chi connectivity index (χ4v) is 8.06. The number of aromatic nitrogens is 4. The van der Waals surface area contributed by atoms with Gasteiger partial charge in [-0.05, 0) is 55.2 Å². The van der Waals surface area contributed by atoms with Gasteiger partial charge in [0.05, 0.1) is 52.3 Å². The predicted molar refractivity (Wildman–Crippen MR) is 200 cm³/mol. The predicted octanol–water partition coefficient (Wildman–Crippen LogP) is 6.30. The molecule has 0 saturated carbocycles. The fraction of sp³-hybridized carbons (Fsp3) is 0.342. The number of rotatable bonds is 9. The maximum atomic E-state index is 13.5. The first kappa shape index (κ1) is 34.5. The van der Waals surface area contributed by atoms with E-state index >= 15 is 0 Å². The average molecular weight is 742 g/mol. The molecule has 12 nitrogen and oxygen atoms in total. The fourth-order valence-electron chi connectivity index (χ4n) is 7.51. The number of halogens is 2. The van der Waals surface area contributed by atoms with Crippen molar-refractivity contribution in [2.24, 2.45) is 5.92 Å². The molecule has 3 N–H and O–H groups in total. The number of carbonyl (C=O) groups excluding carboxylic acids is 2. The van der Waals surface area contributed by atoms with Gasteiger partial charge in [0.25, 0.3) is 5.91 Å². The van der Waals surface area contributed by atoms with Crippen molar-refractivity contribution in [2.45, 2.75) is 44.5 Å². The highest BCUT2D eigenvalue weighted by molar-refractivity contribution is 6.39. The van der Waals surface area contributed by atoms with Crippen molar-refractivity contribution >= 4 is 63.2 Å². The van der Waals surface area contributed by atoms with Crippen LogP contribution in [-0.2, 0) is 22.6 Å². The van der Waals surface area contributed by atoms with Crippen LogP contribution in [0.5, 0.6) is 0 Å². The molecular formula is C38H38Cl2N8O4. The average Bonchev–Trinajstić information content (AvgIpc) is 3.76. The molecule has 3 aliphatic rings. The number of fused-ring (bicyclic) bond motifs is 2. The molecule has 1 unspecified atom stereocenters. The van der Waals surface area contributed by atoms with E-state index in [-0.39, 0.29) is 29.9 Å². The van der Waals surface area contributed by atoms with E-state index in [0.29, 0.717) is 69.2 Å². The van der Waals surface area contributed by atoms with Gasteiger partial charge in [-0.1, -0.05) is 47.5 Å². The van der Waals surface area contributed by atoms with Crippen LogP contribution in [0.3, 0.4) is 0 Å². The minimum atomic E-state index is -0.368. The van der Waals surface area contributed by atoms with Crippen molar-refractivity contribution in [1.29, 1.82) is 0 Å². The van der Waals surface area contributed by atoms with Crippen molar-refractivity contribution in [3.05, 3.63) is 94.0 Å². The molecule has 1 amide bonds. The molecule has 5 aromatic rings. The maximum absolute atomic E-state index is 13.5. The third-order valence-electron chi connectivity index (χ3n) is 10.2. The first-order valence-electron chi connectivity index (χ1n) is 17.4. The lowest BCUT2D eigenvalue weighted by Gasteiger charge is -2.44. The quantitative estimate of drug-likeness (QED) is 0.148. The molecule has 2 fully saturated rings. The molecule has 2 atom stereocenters. The van der Waals surface area contributed by atoms with Gasteiger partial charge in [0.2, 0.25) is 0 Å². The molecule has 0 aliphatic carbocycles. The van der Waals surface area contributed by atoms with E-state index < -0.39 is 0 Å². The number of carbonyl (C=O) groups is 2. The Morgan fingerprint density at radius 1 is 0.962 bits per heavy atom. The number of methoxy groups -OCH3 is 1. The monoisotopic (exact) mass is 740 g/mol. The number of hydrogen-bond donors (Lipinski definition) is 3. The molecule has 3 aromatic heterocycles. The normalized spacial score (nSPS) is 19.3. The Balaban J connectivity index is 0.991. The Morgan fingerprint density at radius 2 is 1.73 bits per heavy atom. The molecule has 268 valence electrons. The Kier molecular flexibility index (Phi) is 9.58. The summed E-state index contributed by atoms with van der Waals surface area (Å²) < 4.78 is 6.79. The molecule has 8 rings (SSSR count). The van der Waals surface area contributed by atoms with Gasteiger partial charge in [-0.25, -0.2) is 4.98 Å². The van der Waals surface area contributed by atoms with Crippen LogP contribution in [0.25, 0.3) is 22.0 Å². The highest BCUT2D eigenvalue weighted by atomic mass is 35.5. The van der Waals surface area contributed by atoms with Crippen LogP contribution in [0.15, 0.2) is 67.0 Å². The largest absolute Gasteiger partial charge is 0.469 e. The van der Waals surface area contributed by atoms with E-state index in [1.165, 1.54) is 7.11 Å². The number of pyridine rings is 2. The number of benzene rings is 2. The number of β-amino-alcohol motifs (C(OH)–C–C–N with tert-alkyl or cyclic N) is 1. The lowest BCUT2D eigenvalue weighted by Crippen LogP contribution is -2.52. The molecule has 3 aliphatic heterocycles. The van der Waals surface area contributed by atoms with Crippen LogP contribution in [0.4, 0.5) is 17.2 Å². The van der Waals surface area contributed by atoms with Gasteiger partial charge in [0.1, 0.15) is 5.52 Å². The number of ether oxygens (including phenoxy) is 1. The molecule has 52 heavy (non-hydrogen) atoms. The van der Waals surface area contributed by atoms with Gasteiger partial charge in [-0.3, -0.25) is 29.1 Å². The van der Waals surface area contributed by atoms with E-state index in [1.807, 2.05) is 53.3 Å². The number of nitrogens with zero attached hydrogens (tertiary/aromatic N) is 6. The van der Waals surface area contributed by atoms with Crippen molar-refractivity contribution in [3.8, 4) is 11.1 Å². The lowest BCUT2D eigenvalue weighted by molar-refractivity contribution is -0.152. The highest BCUT2D eigenvalue weighted by Crippen LogP contribution is 2.42. The topological polar surface area (TPSA) is 138 Å². The lowest BCUT2D eigenvalue weighted by atomic mass is 9.93. The van der Waals surface area contributed by atoms with E-state index in [4.69, 9.17) is 32.9 Å². The zero-order valence-corrected chi connectivity index (χ0v) is 30.1. The van der Waals surface area contributed by atoms with Gasteiger partial charge in [-0.15, -0.1) is 0 Å². The van der Waals surface area contributed by atoms with E-state index in [2.05, 4.69) is 36.6 Å². The van der Waals surface area contributed by atoms with Crippen LogP contribution in [0, 0.1) is 5.92 Å². The third-order valence-corrected chi connectivity index (χ3v) is 11.0. The second-order valence-electron chi connectivity index (χ2n) is 13.7. The van der Waals surface area contributed by atoms with Crippen LogP contribution in [0.2, 0.25) is 10.0 Å². The van der Waals surface area contributed by atoms with Gasteiger partial charge in [0, 0.05) is 68.2 Å². The second kappa shape index (κ2) is 14.4. The Morgan fingerprint density at radius 3 is 2.48 bits per heavy atom. The van der Waals surface area contributed by atoms with Gasteiger partial charge in [0.15, 0.2) is 11.5 Å². The zero-order valence-electron chi connectivity index (χ0n) is 28.6. The summed E-state index contributed by atoms with van der Waals surface area (Å²) in [4.78, 5) is 39.2. The Hall–Kier alpha value is -4.59. The third kappa shape index (κ3) is 6.72. The molecular weight excluding hydrogens is 703 g/mol. The SMILES string of the molecule is COC(=O)C1CN(C2CCCn3nc(C(=O)Nc4cccc(-c5cccc(Nc6nccc7cc(CN8CC[C@@H](O)C8)cnc67)c5Cl)c4Cl)cc32)C1. The summed E-state index contributed by atoms with van der Waals surface area (Å²) in [5.74, 6) is -0.108. The number of anilines is 3. The number of hydrogen-bond acceptors (Lipinski definition) is 10. The van der Waals surface area contributed by atoms with Gasteiger partial charge < -0.3 is 20.5 Å². The number of amides is 1. The van der Waals surface area contributed by atoms with Crippen LogP contribution < -0.4 is 10.6 Å². The van der Waals surface area contributed by atoms with Crippen molar-refractivity contribution in [2.75, 3.05) is 43.9 Å². The number of aryl methyl sites for hydroxylation is 1. The zero-order chi connectivity index (χ0) is 35.9. The molecule has 6 heterocycles. The Labute approximate surface area is 310 Å². The summed E-state index contributed by atoms with van der Waals surface area (Å²) in [6.45, 7) is 4.25. The second-order valence-corrected chi connectivity index (χ2v) is 14.4. The number of nitrogens with one attached hydrogen (secondary N) is 2. The number of aliphatic hydroxyl groups is 1. The summed E-state index contributed by atoms with van der Waals surface area (Å²) in [5.41, 5.74) is 5.43. The minimum Gasteiger partial charge on any atom is -0.469 e. The van der Waals surface area contributed by atoms with E-state index in [1.54, 1.807) is 12.3 Å². The first-order chi connectivity index (χ1) is 25.2. The summed E-state index contributed by atoms with van der Waals surface area (Å²) in [6, 6.07) is 17.0. The molecule has 0 spiro atoms. The summed E-state index contributed by atoms with van der Waals surface area (Å²) in [7, 11) is 1.42. The summed E-state index contributed by atoms with van der Waals surface area (Å²) >= 11 is 14.0. The van der Waals surface area contributed by atoms with E-state index in [9.17, 15) is 14.7 Å². The Bertz CT molecular complexity index is 2170. The summed E-state index contributed by atoms with van der Waals surface area (Å²) in [5, 5.41) is 22.6. The van der Waals surface area contributed by atoms with Crippen molar-refractivity contribution < 1.29 is 19.4 Å². The first-order valence-corrected chi connectivity index (χ1v) is 18.2. The van der Waals surface area contributed by atoms with Gasteiger partial charge in [-0.2, -0.15) is 5.10 Å². The number of likely N-dealkylation sites (tertiary alicyclic amines) is 2. The molecule has 0 bridgehead atoms. The maximum Gasteiger partial charge on any atom is 0.311 e. The van der Waals surface area contributed by atoms with Crippen molar-refractivity contribution in [3.63, 3.8) is 0 Å². The standard InChI is InChI=1S/C38H38Cl2N8O4/c1-52-38(51)24-19-47(20-24)31-9-4-13-48-32(31)16-30(45-48)37(50)44-29-8-3-6-27(34(29)40)26-5-2-7-28(33(26)39)43-36-35-23(10-12-41-36)15-22(17-42-35)18-46-14-11-25(49)21-46/h2-3,5-8,10,12,15-17,24-25,31,49H,4,9,11,13-14,18-21H2,1H3,(H,41,43)(H,44,50)/t25-,31?/m1/s1. The molecule has 2 saturated heterocycles. The number of esters is 1. The van der Waals surface area contributed by atoms with E-state index in [0.717, 1.165) is 55.5 Å². The highest BCUT2D eigenvalue weighted by Gasteiger charge is 2.40. The summed E-state index contributed by atoms with van der Waals surface area (Å²) in [6.07, 6.45) is 5.97. The van der Waals surface area contributed by atoms with Crippen LogP contribution in [-0.4, -0.2) is 85.9 Å². The smallest absolute Gasteiger partial charge is 0.311 e. The molecule has 2 aromatic carbocycles. The van der Waals surface area contributed by atoms with Crippen LogP contribution in [0.1, 0.15) is 47.1 Å².